The second-order valence-electron chi connectivity index (χ2n) is 4.74. The Kier molecular flexibility index (Phi) is 4.68. The van der Waals surface area contributed by atoms with E-state index in [1.54, 1.807) is 0 Å². The van der Waals surface area contributed by atoms with Gasteiger partial charge >= 0.3 is 0 Å². The van der Waals surface area contributed by atoms with E-state index in [0.717, 1.165) is 32.0 Å². The highest BCUT2D eigenvalue weighted by molar-refractivity contribution is 14.0. The number of aromatic amines is 1. The molecular formula is C14H19IN4. The first-order valence-electron chi connectivity index (χ1n) is 6.42. The molecule has 0 aliphatic carbocycles. The molecule has 0 bridgehead atoms. The Morgan fingerprint density at radius 3 is 3.00 bits per heavy atom. The van der Waals surface area contributed by atoms with E-state index in [4.69, 9.17) is 0 Å². The number of halogens is 1. The predicted octanol–water partition coefficient (Wildman–Crippen LogP) is 2.53. The van der Waals surface area contributed by atoms with Gasteiger partial charge in [0.15, 0.2) is 5.96 Å². The SMILES string of the molecule is Cc1cc2cc(CNC3=NCCCN3)ccc2[nH]1.I. The van der Waals surface area contributed by atoms with E-state index in [2.05, 4.69) is 51.8 Å². The van der Waals surface area contributed by atoms with Crippen LogP contribution in [-0.2, 0) is 6.54 Å². The first-order chi connectivity index (χ1) is 8.81. The van der Waals surface area contributed by atoms with Gasteiger partial charge in [-0.2, -0.15) is 0 Å². The van der Waals surface area contributed by atoms with Crippen LogP contribution in [0.25, 0.3) is 10.9 Å². The maximum Gasteiger partial charge on any atom is 0.191 e. The molecule has 0 spiro atoms. The minimum absolute atomic E-state index is 0. The van der Waals surface area contributed by atoms with Crippen LogP contribution in [0.15, 0.2) is 29.3 Å². The smallest absolute Gasteiger partial charge is 0.191 e. The lowest BCUT2D eigenvalue weighted by Crippen LogP contribution is -2.40. The van der Waals surface area contributed by atoms with E-state index in [0.29, 0.717) is 0 Å². The number of hydrogen-bond acceptors (Lipinski definition) is 3. The summed E-state index contributed by atoms with van der Waals surface area (Å²) < 4.78 is 0. The summed E-state index contributed by atoms with van der Waals surface area (Å²) in [6, 6.07) is 8.68. The normalized spacial score (nSPS) is 14.5. The Balaban J connectivity index is 0.00000133. The van der Waals surface area contributed by atoms with Crippen molar-refractivity contribution in [3.05, 3.63) is 35.5 Å². The van der Waals surface area contributed by atoms with Gasteiger partial charge in [-0.3, -0.25) is 4.99 Å². The largest absolute Gasteiger partial charge is 0.359 e. The third-order valence-electron chi connectivity index (χ3n) is 3.18. The number of benzene rings is 1. The number of aryl methyl sites for hydroxylation is 1. The quantitative estimate of drug-likeness (QED) is 0.712. The molecule has 4 nitrogen and oxygen atoms in total. The Bertz CT molecular complexity index is 588. The first kappa shape index (κ1) is 14.2. The topological polar surface area (TPSA) is 52.2 Å². The number of aliphatic imine (C=N–C) groups is 1. The van der Waals surface area contributed by atoms with Crippen molar-refractivity contribution >= 4 is 40.8 Å². The molecule has 0 atom stereocenters. The van der Waals surface area contributed by atoms with E-state index in [9.17, 15) is 0 Å². The van der Waals surface area contributed by atoms with Crippen molar-refractivity contribution in [1.82, 2.24) is 15.6 Å². The summed E-state index contributed by atoms with van der Waals surface area (Å²) >= 11 is 0. The van der Waals surface area contributed by atoms with Gasteiger partial charge in [-0.25, -0.2) is 0 Å². The maximum absolute atomic E-state index is 4.40. The minimum atomic E-state index is 0. The van der Waals surface area contributed by atoms with Gasteiger partial charge in [0.05, 0.1) is 0 Å². The van der Waals surface area contributed by atoms with Crippen LogP contribution in [0.1, 0.15) is 17.7 Å². The van der Waals surface area contributed by atoms with Crippen LogP contribution in [0, 0.1) is 6.92 Å². The van der Waals surface area contributed by atoms with Gasteiger partial charge in [0.2, 0.25) is 0 Å². The van der Waals surface area contributed by atoms with Gasteiger partial charge < -0.3 is 15.6 Å². The molecule has 0 saturated heterocycles. The molecule has 0 unspecified atom stereocenters. The van der Waals surface area contributed by atoms with Crippen LogP contribution in [0.2, 0.25) is 0 Å². The summed E-state index contributed by atoms with van der Waals surface area (Å²) in [5, 5.41) is 7.87. The zero-order chi connectivity index (χ0) is 12.4. The van der Waals surface area contributed by atoms with E-state index >= 15 is 0 Å². The van der Waals surface area contributed by atoms with Gasteiger partial charge in [-0.15, -0.1) is 24.0 Å². The van der Waals surface area contributed by atoms with Gasteiger partial charge in [0.25, 0.3) is 0 Å². The zero-order valence-corrected chi connectivity index (χ0v) is 13.3. The lowest BCUT2D eigenvalue weighted by Gasteiger charge is -2.15. The van der Waals surface area contributed by atoms with Crippen LogP contribution in [0.5, 0.6) is 0 Å². The molecule has 1 aliphatic heterocycles. The lowest BCUT2D eigenvalue weighted by atomic mass is 10.1. The summed E-state index contributed by atoms with van der Waals surface area (Å²) in [6.45, 7) is 4.83. The van der Waals surface area contributed by atoms with E-state index in [-0.39, 0.29) is 24.0 Å². The van der Waals surface area contributed by atoms with Crippen LogP contribution in [0.3, 0.4) is 0 Å². The average molecular weight is 370 g/mol. The second-order valence-corrected chi connectivity index (χ2v) is 4.74. The molecule has 5 heteroatoms. The molecule has 0 amide bonds. The molecule has 0 fully saturated rings. The third-order valence-corrected chi connectivity index (χ3v) is 3.18. The molecule has 19 heavy (non-hydrogen) atoms. The van der Waals surface area contributed by atoms with Crippen molar-refractivity contribution in [2.45, 2.75) is 19.9 Å². The number of aromatic nitrogens is 1. The Morgan fingerprint density at radius 2 is 2.21 bits per heavy atom. The highest BCUT2D eigenvalue weighted by atomic mass is 127. The van der Waals surface area contributed by atoms with Crippen molar-refractivity contribution in [2.75, 3.05) is 13.1 Å². The number of fused-ring (bicyclic) bond motifs is 1. The number of nitrogens with one attached hydrogen (secondary N) is 3. The highest BCUT2D eigenvalue weighted by Crippen LogP contribution is 2.16. The molecule has 1 aliphatic rings. The number of guanidine groups is 1. The average Bonchev–Trinajstić information content (AvgIpc) is 2.77. The number of rotatable bonds is 2. The zero-order valence-electron chi connectivity index (χ0n) is 11.0. The van der Waals surface area contributed by atoms with Crippen LogP contribution in [-0.4, -0.2) is 24.0 Å². The Morgan fingerprint density at radius 1 is 1.32 bits per heavy atom. The summed E-state index contributed by atoms with van der Waals surface area (Å²) in [4.78, 5) is 7.73. The summed E-state index contributed by atoms with van der Waals surface area (Å²) in [5.74, 6) is 0.923. The summed E-state index contributed by atoms with van der Waals surface area (Å²) in [6.07, 6.45) is 1.12. The number of nitrogens with zero attached hydrogens (tertiary/aromatic N) is 1. The maximum atomic E-state index is 4.40. The fraction of sp³-hybridized carbons (Fsp3) is 0.357. The molecule has 3 rings (SSSR count). The summed E-state index contributed by atoms with van der Waals surface area (Å²) in [7, 11) is 0. The molecule has 102 valence electrons. The van der Waals surface area contributed by atoms with E-state index in [1.807, 2.05) is 0 Å². The third kappa shape index (κ3) is 3.40. The van der Waals surface area contributed by atoms with Crippen molar-refractivity contribution < 1.29 is 0 Å². The molecule has 1 aromatic heterocycles. The van der Waals surface area contributed by atoms with Gasteiger partial charge in [0, 0.05) is 30.8 Å². The lowest BCUT2D eigenvalue weighted by molar-refractivity contribution is 0.702. The number of H-pyrrole nitrogens is 1. The van der Waals surface area contributed by atoms with Crippen molar-refractivity contribution in [3.8, 4) is 0 Å². The Hall–Kier alpha value is -1.24. The molecule has 2 aromatic rings. The standard InChI is InChI=1S/C14H18N4.HI/c1-10-7-12-8-11(3-4-13(12)18-10)9-17-14-15-5-2-6-16-14;/h3-4,7-8,18H,2,5-6,9H2,1H3,(H2,15,16,17);1H. The Labute approximate surface area is 130 Å². The molecule has 0 radical (unpaired) electrons. The molecule has 0 saturated carbocycles. The van der Waals surface area contributed by atoms with Gasteiger partial charge in [-0.05, 0) is 42.5 Å². The molecular weight excluding hydrogens is 351 g/mol. The van der Waals surface area contributed by atoms with Crippen molar-refractivity contribution in [3.63, 3.8) is 0 Å². The fourth-order valence-electron chi connectivity index (χ4n) is 2.27. The van der Waals surface area contributed by atoms with Gasteiger partial charge in [0.1, 0.15) is 0 Å². The van der Waals surface area contributed by atoms with E-state index in [1.165, 1.54) is 22.2 Å². The van der Waals surface area contributed by atoms with E-state index < -0.39 is 0 Å². The highest BCUT2D eigenvalue weighted by Gasteiger charge is 2.04. The van der Waals surface area contributed by atoms with Crippen molar-refractivity contribution in [1.29, 1.82) is 0 Å². The predicted molar refractivity (Wildman–Crippen MR) is 90.2 cm³/mol. The molecule has 3 N–H and O–H groups in total. The van der Waals surface area contributed by atoms with Crippen LogP contribution in [0.4, 0.5) is 0 Å². The van der Waals surface area contributed by atoms with Crippen molar-refractivity contribution in [2.24, 2.45) is 4.99 Å². The first-order valence-corrected chi connectivity index (χ1v) is 6.42. The monoisotopic (exact) mass is 370 g/mol. The van der Waals surface area contributed by atoms with Gasteiger partial charge in [-0.1, -0.05) is 6.07 Å². The fourth-order valence-corrected chi connectivity index (χ4v) is 2.27. The van der Waals surface area contributed by atoms with Crippen LogP contribution < -0.4 is 10.6 Å². The summed E-state index contributed by atoms with van der Waals surface area (Å²) in [5.41, 5.74) is 3.68. The second kappa shape index (κ2) is 6.27. The van der Waals surface area contributed by atoms with Crippen LogP contribution >= 0.6 is 24.0 Å². The molecule has 2 heterocycles. The number of hydrogen-bond donors (Lipinski definition) is 3. The molecule has 1 aromatic carbocycles. The minimum Gasteiger partial charge on any atom is -0.359 e.